The van der Waals surface area contributed by atoms with E-state index in [-0.39, 0.29) is 22.1 Å². The number of nitrogens with zero attached hydrogens (tertiary/aromatic N) is 1. The van der Waals surface area contributed by atoms with Gasteiger partial charge < -0.3 is 10.2 Å². The third-order valence-electron chi connectivity index (χ3n) is 5.92. The molecule has 1 heterocycles. The number of sulfonamides is 1. The summed E-state index contributed by atoms with van der Waals surface area (Å²) in [6.45, 7) is 6.97. The fourth-order valence-corrected chi connectivity index (χ4v) is 4.98. The van der Waals surface area contributed by atoms with Gasteiger partial charge in [0.05, 0.1) is 10.6 Å². The standard InChI is InChI=1S/C27H29N3O4S/c1-27(2,3)20-11-9-19(10-12-20)26(32)28-21-6-4-7-22(18-21)29-35(33,34)24-15-13-23(14-16-24)30-17-5-8-25(30)31/h4,6-7,9-16,18,29H,5,8,17H2,1-3H3,(H,28,32). The lowest BCUT2D eigenvalue weighted by atomic mass is 9.87. The summed E-state index contributed by atoms with van der Waals surface area (Å²) in [6.07, 6.45) is 1.31. The molecule has 1 aliphatic heterocycles. The number of hydrogen-bond acceptors (Lipinski definition) is 4. The summed E-state index contributed by atoms with van der Waals surface area (Å²) in [5, 5.41) is 2.81. The maximum atomic E-state index is 12.9. The highest BCUT2D eigenvalue weighted by Gasteiger charge is 2.22. The van der Waals surface area contributed by atoms with Crippen molar-refractivity contribution < 1.29 is 18.0 Å². The molecule has 2 amide bonds. The van der Waals surface area contributed by atoms with Gasteiger partial charge in [0.25, 0.3) is 15.9 Å². The van der Waals surface area contributed by atoms with E-state index in [0.29, 0.717) is 35.6 Å². The first kappa shape index (κ1) is 24.5. The Bertz CT molecular complexity index is 1340. The number of hydrogen-bond donors (Lipinski definition) is 2. The van der Waals surface area contributed by atoms with E-state index >= 15 is 0 Å². The first-order valence-electron chi connectivity index (χ1n) is 11.5. The first-order valence-corrected chi connectivity index (χ1v) is 13.0. The normalized spacial score (nSPS) is 14.1. The number of carbonyl (C=O) groups is 2. The van der Waals surface area contributed by atoms with Crippen molar-refractivity contribution in [2.24, 2.45) is 0 Å². The van der Waals surface area contributed by atoms with Crippen molar-refractivity contribution in [2.45, 2.75) is 43.9 Å². The van der Waals surface area contributed by atoms with Gasteiger partial charge >= 0.3 is 0 Å². The lowest BCUT2D eigenvalue weighted by Crippen LogP contribution is -2.23. The summed E-state index contributed by atoms with van der Waals surface area (Å²) < 4.78 is 28.3. The molecule has 1 saturated heterocycles. The molecule has 0 aromatic heterocycles. The SMILES string of the molecule is CC(C)(C)c1ccc(C(=O)Nc2cccc(NS(=O)(=O)c3ccc(N4CCCC4=O)cc3)c2)cc1. The molecule has 3 aromatic carbocycles. The van der Waals surface area contributed by atoms with Gasteiger partial charge in [-0.05, 0) is 72.0 Å². The molecule has 2 N–H and O–H groups in total. The van der Waals surface area contributed by atoms with Crippen molar-refractivity contribution >= 4 is 38.9 Å². The third-order valence-corrected chi connectivity index (χ3v) is 7.32. The molecule has 4 rings (SSSR count). The number of rotatable bonds is 6. The zero-order valence-corrected chi connectivity index (χ0v) is 20.9. The quantitative estimate of drug-likeness (QED) is 0.498. The van der Waals surface area contributed by atoms with Crippen LogP contribution in [0.15, 0.2) is 77.7 Å². The molecule has 0 aliphatic carbocycles. The van der Waals surface area contributed by atoms with E-state index < -0.39 is 10.0 Å². The van der Waals surface area contributed by atoms with Gasteiger partial charge in [-0.15, -0.1) is 0 Å². The second-order valence-electron chi connectivity index (χ2n) is 9.61. The van der Waals surface area contributed by atoms with Crippen LogP contribution in [-0.2, 0) is 20.2 Å². The van der Waals surface area contributed by atoms with Crippen molar-refractivity contribution in [1.29, 1.82) is 0 Å². The molecule has 0 bridgehead atoms. The van der Waals surface area contributed by atoms with Crippen LogP contribution < -0.4 is 14.9 Å². The second-order valence-corrected chi connectivity index (χ2v) is 11.3. The van der Waals surface area contributed by atoms with E-state index in [1.54, 1.807) is 53.4 Å². The Morgan fingerprint density at radius 3 is 2.17 bits per heavy atom. The number of benzene rings is 3. The molecule has 0 unspecified atom stereocenters. The van der Waals surface area contributed by atoms with Gasteiger partial charge in [-0.3, -0.25) is 14.3 Å². The lowest BCUT2D eigenvalue weighted by molar-refractivity contribution is -0.117. The predicted octanol–water partition coefficient (Wildman–Crippen LogP) is 5.16. The highest BCUT2D eigenvalue weighted by atomic mass is 32.2. The van der Waals surface area contributed by atoms with Crippen molar-refractivity contribution in [1.82, 2.24) is 0 Å². The molecule has 8 heteroatoms. The minimum atomic E-state index is -3.85. The summed E-state index contributed by atoms with van der Waals surface area (Å²) in [5.41, 5.74) is 3.12. The maximum absolute atomic E-state index is 12.9. The van der Waals surface area contributed by atoms with Gasteiger partial charge in [-0.25, -0.2) is 8.42 Å². The molecule has 1 fully saturated rings. The Kier molecular flexibility index (Phi) is 6.67. The Labute approximate surface area is 206 Å². The van der Waals surface area contributed by atoms with E-state index in [1.165, 1.54) is 12.1 Å². The van der Waals surface area contributed by atoms with Gasteiger partial charge in [-0.1, -0.05) is 39.0 Å². The number of carbonyl (C=O) groups excluding carboxylic acids is 2. The number of amides is 2. The van der Waals surface area contributed by atoms with E-state index in [0.717, 1.165) is 12.0 Å². The summed E-state index contributed by atoms with van der Waals surface area (Å²) >= 11 is 0. The van der Waals surface area contributed by atoms with Crippen LogP contribution in [0.5, 0.6) is 0 Å². The third kappa shape index (κ3) is 5.71. The average molecular weight is 492 g/mol. The van der Waals surface area contributed by atoms with E-state index in [1.807, 2.05) is 12.1 Å². The molecule has 0 spiro atoms. The van der Waals surface area contributed by atoms with Crippen LogP contribution >= 0.6 is 0 Å². The molecule has 1 aliphatic rings. The Balaban J connectivity index is 1.44. The van der Waals surface area contributed by atoms with Gasteiger partial charge in [0.2, 0.25) is 5.91 Å². The van der Waals surface area contributed by atoms with Crippen LogP contribution in [0.4, 0.5) is 17.1 Å². The fraction of sp³-hybridized carbons (Fsp3) is 0.259. The van der Waals surface area contributed by atoms with Crippen LogP contribution in [0.3, 0.4) is 0 Å². The Hall–Kier alpha value is -3.65. The van der Waals surface area contributed by atoms with Crippen molar-refractivity contribution in [3.63, 3.8) is 0 Å². The molecule has 35 heavy (non-hydrogen) atoms. The summed E-state index contributed by atoms with van der Waals surface area (Å²) in [4.78, 5) is 26.3. The van der Waals surface area contributed by atoms with Crippen molar-refractivity contribution in [3.05, 3.63) is 83.9 Å². The van der Waals surface area contributed by atoms with E-state index in [4.69, 9.17) is 0 Å². The zero-order chi connectivity index (χ0) is 25.2. The number of nitrogens with one attached hydrogen (secondary N) is 2. The van der Waals surface area contributed by atoms with Crippen molar-refractivity contribution in [2.75, 3.05) is 21.5 Å². The number of anilines is 3. The van der Waals surface area contributed by atoms with Gasteiger partial charge in [0.1, 0.15) is 0 Å². The maximum Gasteiger partial charge on any atom is 0.261 e. The summed E-state index contributed by atoms with van der Waals surface area (Å²) in [5.74, 6) is -0.236. The fourth-order valence-electron chi connectivity index (χ4n) is 3.93. The molecule has 182 valence electrons. The van der Waals surface area contributed by atoms with Gasteiger partial charge in [-0.2, -0.15) is 0 Å². The van der Waals surface area contributed by atoms with Crippen LogP contribution in [0, 0.1) is 0 Å². The molecule has 0 saturated carbocycles. The highest BCUT2D eigenvalue weighted by molar-refractivity contribution is 7.92. The highest BCUT2D eigenvalue weighted by Crippen LogP contribution is 2.26. The monoisotopic (exact) mass is 491 g/mol. The van der Waals surface area contributed by atoms with Crippen LogP contribution in [0.1, 0.15) is 49.5 Å². The Morgan fingerprint density at radius 1 is 0.914 bits per heavy atom. The van der Waals surface area contributed by atoms with Crippen LogP contribution in [0.2, 0.25) is 0 Å². The van der Waals surface area contributed by atoms with Gasteiger partial charge in [0, 0.05) is 29.9 Å². The predicted molar refractivity (Wildman–Crippen MR) is 138 cm³/mol. The molecule has 0 atom stereocenters. The molecule has 7 nitrogen and oxygen atoms in total. The second kappa shape index (κ2) is 9.54. The molecule has 3 aromatic rings. The zero-order valence-electron chi connectivity index (χ0n) is 20.0. The van der Waals surface area contributed by atoms with Gasteiger partial charge in [0.15, 0.2) is 0 Å². The topological polar surface area (TPSA) is 95.6 Å². The Morgan fingerprint density at radius 2 is 1.57 bits per heavy atom. The largest absolute Gasteiger partial charge is 0.322 e. The first-order chi connectivity index (χ1) is 16.5. The molecular weight excluding hydrogens is 462 g/mol. The van der Waals surface area contributed by atoms with E-state index in [2.05, 4.69) is 30.8 Å². The van der Waals surface area contributed by atoms with Crippen LogP contribution in [-0.4, -0.2) is 26.8 Å². The summed E-state index contributed by atoms with van der Waals surface area (Å²) in [6, 6.07) is 20.2. The van der Waals surface area contributed by atoms with E-state index in [9.17, 15) is 18.0 Å². The lowest BCUT2D eigenvalue weighted by Gasteiger charge is -2.19. The molecular formula is C27H29N3O4S. The van der Waals surface area contributed by atoms with Crippen LogP contribution in [0.25, 0.3) is 0 Å². The smallest absolute Gasteiger partial charge is 0.261 e. The minimum absolute atomic E-state index is 0.00752. The average Bonchev–Trinajstić information content (AvgIpc) is 3.24. The summed E-state index contributed by atoms with van der Waals surface area (Å²) in [7, 11) is -3.85. The van der Waals surface area contributed by atoms with Crippen molar-refractivity contribution in [3.8, 4) is 0 Å². The molecule has 0 radical (unpaired) electrons. The minimum Gasteiger partial charge on any atom is -0.322 e.